The van der Waals surface area contributed by atoms with Crippen LogP contribution in [0.15, 0.2) is 46.5 Å². The van der Waals surface area contributed by atoms with Crippen molar-refractivity contribution in [1.29, 1.82) is 0 Å². The van der Waals surface area contributed by atoms with E-state index in [-0.39, 0.29) is 50.7 Å². The summed E-state index contributed by atoms with van der Waals surface area (Å²) in [5.41, 5.74) is 6.59. The minimum absolute atomic E-state index is 0.0312. The average molecular weight is 961 g/mol. The summed E-state index contributed by atoms with van der Waals surface area (Å²) < 4.78 is 89.0. The molecule has 6 aromatic rings. The van der Waals surface area contributed by atoms with Crippen LogP contribution >= 0.6 is 23.5 Å². The van der Waals surface area contributed by atoms with Crippen LogP contribution in [0.4, 0.5) is 38.2 Å². The second-order valence-electron chi connectivity index (χ2n) is 15.7. The van der Waals surface area contributed by atoms with E-state index >= 15 is 0 Å². The van der Waals surface area contributed by atoms with Crippen molar-refractivity contribution in [2.24, 2.45) is 11.7 Å². The van der Waals surface area contributed by atoms with Crippen molar-refractivity contribution < 1.29 is 45.9 Å². The number of hydroxylamine groups is 1. The van der Waals surface area contributed by atoms with Gasteiger partial charge < -0.3 is 29.8 Å². The third kappa shape index (κ3) is 9.45. The maximum absolute atomic E-state index is 14.6. The number of nitrogens with one attached hydrogen (secondary N) is 1. The minimum Gasteiger partial charge on any atom is -0.392 e. The molecule has 1 atom stereocenters. The Morgan fingerprint density at radius 1 is 0.818 bits per heavy atom. The van der Waals surface area contributed by atoms with Gasteiger partial charge in [-0.05, 0) is 53.8 Å². The number of hydrogen-bond donors (Lipinski definition) is 3. The molecule has 66 heavy (non-hydrogen) atoms. The van der Waals surface area contributed by atoms with Crippen LogP contribution < -0.4 is 21.0 Å². The van der Waals surface area contributed by atoms with Crippen molar-refractivity contribution in [1.82, 2.24) is 44.5 Å². The minimum atomic E-state index is -5.04. The Balaban J connectivity index is 0.00000210. The molecule has 2 aliphatic heterocycles. The van der Waals surface area contributed by atoms with Gasteiger partial charge in [-0.25, -0.2) is 35.4 Å². The Morgan fingerprint density at radius 3 is 2.00 bits per heavy atom. The predicted octanol–water partition coefficient (Wildman–Crippen LogP) is 7.55. The number of anilines is 2. The number of nitrogens with zero attached hydrogens (tertiary/aromatic N) is 10. The molecule has 4 N–H and O–H groups in total. The Bertz CT molecular complexity index is 2800. The number of imidazole rings is 2. The van der Waals surface area contributed by atoms with E-state index in [0.717, 1.165) is 28.4 Å². The second kappa shape index (κ2) is 19.2. The number of benzene rings is 2. The number of hydrogen-bond acceptors (Lipinski definition) is 14. The zero-order valence-electron chi connectivity index (χ0n) is 36.6. The van der Waals surface area contributed by atoms with Gasteiger partial charge in [0, 0.05) is 48.4 Å². The molecule has 0 aliphatic carbocycles. The number of rotatable bonds is 11. The van der Waals surface area contributed by atoms with Gasteiger partial charge >= 0.3 is 12.4 Å². The van der Waals surface area contributed by atoms with Crippen LogP contribution in [0.1, 0.15) is 95.0 Å². The standard InChI is InChI=1S/C39H38F6N12O4S2.C3H8/c1-18(2)30-34-50-24-9-19(16-58)27(62-3)12-26(24)56(34)7-8-57(30)37-48-14-22(32(52-37)39(43,44)45)35(60)53-61-17-20-10-23-25(11-28(20)63-4)55-6-5-54(15-29(55)49-23)36-47-13-21(33(46)59)31(51-36)38(40,41)42;1-3-2/h9-14,18,30,58H,5-8,15-17H2,1-4H3,(H2,46,59)(H,53,60);3H2,1-2H3. The van der Waals surface area contributed by atoms with E-state index in [2.05, 4.69) is 44.2 Å². The maximum Gasteiger partial charge on any atom is 0.434 e. The highest BCUT2D eigenvalue weighted by Crippen LogP contribution is 2.40. The molecule has 0 saturated carbocycles. The smallest absolute Gasteiger partial charge is 0.392 e. The third-order valence-corrected chi connectivity index (χ3v) is 12.5. The molecule has 1 unspecified atom stereocenters. The van der Waals surface area contributed by atoms with E-state index in [1.54, 1.807) is 17.2 Å². The molecule has 2 aliphatic rings. The number of aromatic nitrogens is 8. The SMILES string of the molecule is CCC.CSc1cc2c(cc1CO)nc1n2CCN(c2ncc(C(=O)NOCc3cc4nc5n(c4cc3SC)CCN(c3ncc(C(N)=O)c(C(F)(F)F)n3)C5)c(C(F)(F)F)n2)C1C(C)C. The number of carbonyl (C=O) groups is 2. The maximum atomic E-state index is 14.6. The van der Waals surface area contributed by atoms with E-state index in [1.807, 2.05) is 47.4 Å². The Kier molecular flexibility index (Phi) is 14.1. The fourth-order valence-electron chi connectivity index (χ4n) is 7.96. The van der Waals surface area contributed by atoms with Gasteiger partial charge in [-0.3, -0.25) is 14.4 Å². The van der Waals surface area contributed by atoms with Crippen LogP contribution in [0, 0.1) is 5.92 Å². The molecule has 16 nitrogen and oxygen atoms in total. The highest BCUT2D eigenvalue weighted by molar-refractivity contribution is 7.98. The van der Waals surface area contributed by atoms with Crippen LogP contribution in [-0.2, 0) is 50.0 Å². The molecule has 6 heterocycles. The van der Waals surface area contributed by atoms with Gasteiger partial charge in [-0.2, -0.15) is 26.3 Å². The molecule has 0 saturated heterocycles. The van der Waals surface area contributed by atoms with Crippen LogP contribution in [0.5, 0.6) is 0 Å². The van der Waals surface area contributed by atoms with Gasteiger partial charge in [0.15, 0.2) is 11.4 Å². The summed E-state index contributed by atoms with van der Waals surface area (Å²) in [4.78, 5) is 60.4. The zero-order chi connectivity index (χ0) is 47.8. The summed E-state index contributed by atoms with van der Waals surface area (Å²) >= 11 is 2.84. The molecule has 2 amide bonds. The number of thioether (sulfide) groups is 2. The van der Waals surface area contributed by atoms with E-state index in [9.17, 15) is 41.0 Å². The number of fused-ring (bicyclic) bond motifs is 6. The van der Waals surface area contributed by atoms with Crippen molar-refractivity contribution in [3.05, 3.63) is 81.9 Å². The van der Waals surface area contributed by atoms with E-state index in [0.29, 0.717) is 51.7 Å². The summed E-state index contributed by atoms with van der Waals surface area (Å²) in [5, 5.41) is 9.91. The summed E-state index contributed by atoms with van der Waals surface area (Å²) in [5.74, 6) is -2.05. The number of primary amides is 1. The van der Waals surface area contributed by atoms with Crippen LogP contribution in [0.3, 0.4) is 0 Å². The van der Waals surface area contributed by atoms with Crippen molar-refractivity contribution in [2.75, 3.05) is 35.4 Å². The molecule has 8 rings (SSSR count). The summed E-state index contributed by atoms with van der Waals surface area (Å²) in [6.07, 6.45) is -3.45. The van der Waals surface area contributed by atoms with Gasteiger partial charge in [-0.1, -0.05) is 34.1 Å². The number of amides is 2. The number of aliphatic hydroxyl groups excluding tert-OH is 1. The fourth-order valence-corrected chi connectivity index (χ4v) is 9.19. The normalized spacial score (nSPS) is 15.2. The summed E-state index contributed by atoms with van der Waals surface area (Å²) in [7, 11) is 0. The molecular weight excluding hydrogens is 915 g/mol. The van der Waals surface area contributed by atoms with Gasteiger partial charge in [0.2, 0.25) is 11.9 Å². The lowest BCUT2D eigenvalue weighted by Crippen LogP contribution is -2.42. The lowest BCUT2D eigenvalue weighted by atomic mass is 10.00. The van der Waals surface area contributed by atoms with E-state index in [4.69, 9.17) is 15.6 Å². The Labute approximate surface area is 382 Å². The Hall–Kier alpha value is -5.72. The quantitative estimate of drug-likeness (QED) is 0.0654. The summed E-state index contributed by atoms with van der Waals surface area (Å²) in [6, 6.07) is 6.77. The second-order valence-corrected chi connectivity index (χ2v) is 17.4. The molecule has 24 heteroatoms. The molecule has 352 valence electrons. The monoisotopic (exact) mass is 960 g/mol. The molecule has 0 radical (unpaired) electrons. The lowest BCUT2D eigenvalue weighted by Gasteiger charge is -2.38. The van der Waals surface area contributed by atoms with Gasteiger partial charge in [0.1, 0.15) is 18.3 Å². The van der Waals surface area contributed by atoms with Crippen molar-refractivity contribution >= 4 is 69.3 Å². The largest absolute Gasteiger partial charge is 0.434 e. The molecule has 2 aromatic carbocycles. The van der Waals surface area contributed by atoms with Gasteiger partial charge in [0.25, 0.3) is 11.8 Å². The van der Waals surface area contributed by atoms with Crippen LogP contribution in [0.2, 0.25) is 0 Å². The van der Waals surface area contributed by atoms with E-state index in [1.165, 1.54) is 34.8 Å². The number of carbonyl (C=O) groups excluding carboxylic acids is 2. The predicted molar refractivity (Wildman–Crippen MR) is 236 cm³/mol. The first kappa shape index (κ1) is 48.2. The number of alkyl halides is 6. The molecule has 0 fully saturated rings. The third-order valence-electron chi connectivity index (χ3n) is 10.8. The first-order chi connectivity index (χ1) is 31.3. The van der Waals surface area contributed by atoms with Crippen LogP contribution in [-0.4, -0.2) is 81.6 Å². The van der Waals surface area contributed by atoms with Crippen molar-refractivity contribution in [3.63, 3.8) is 0 Å². The van der Waals surface area contributed by atoms with E-state index < -0.39 is 52.7 Å². The fraction of sp³-hybridized carbons (Fsp3) is 0.429. The zero-order valence-corrected chi connectivity index (χ0v) is 38.2. The first-order valence-corrected chi connectivity index (χ1v) is 23.1. The van der Waals surface area contributed by atoms with Crippen LogP contribution in [0.25, 0.3) is 22.1 Å². The molecule has 4 aromatic heterocycles. The average Bonchev–Trinajstić information content (AvgIpc) is 3.83. The topological polar surface area (TPSA) is 195 Å². The molecule has 0 bridgehead atoms. The Morgan fingerprint density at radius 2 is 1.38 bits per heavy atom. The number of nitrogens with two attached hydrogens (primary N) is 1. The number of halogens is 6. The molecular formula is C42H46F6N12O4S2. The highest BCUT2D eigenvalue weighted by Gasteiger charge is 2.42. The first-order valence-electron chi connectivity index (χ1n) is 20.7. The highest BCUT2D eigenvalue weighted by atomic mass is 32.2. The number of aliphatic hydroxyl groups is 1. The van der Waals surface area contributed by atoms with Gasteiger partial charge in [0.05, 0.1) is 52.4 Å². The van der Waals surface area contributed by atoms with Crippen molar-refractivity contribution in [2.45, 2.75) is 95.1 Å². The van der Waals surface area contributed by atoms with Gasteiger partial charge in [-0.15, -0.1) is 23.5 Å². The van der Waals surface area contributed by atoms with Crippen molar-refractivity contribution in [3.8, 4) is 0 Å². The molecule has 0 spiro atoms. The summed E-state index contributed by atoms with van der Waals surface area (Å²) in [6.45, 7) is 8.83. The lowest BCUT2D eigenvalue weighted by molar-refractivity contribution is -0.142.